The summed E-state index contributed by atoms with van der Waals surface area (Å²) in [4.78, 5) is 12.0. The van der Waals surface area contributed by atoms with Crippen LogP contribution in [-0.4, -0.2) is 68.2 Å². The van der Waals surface area contributed by atoms with Gasteiger partial charge < -0.3 is 16.0 Å². The molecule has 7 N–H and O–H groups in total. The zero-order chi connectivity index (χ0) is 46.4. The number of anilines is 6. The number of rotatable bonds is 14. The molecule has 0 saturated carbocycles. The second-order valence-electron chi connectivity index (χ2n) is 15.1. The smallest absolute Gasteiger partial charge is 0.315 e. The Kier molecular flexibility index (Phi) is 13.2. The summed E-state index contributed by atoms with van der Waals surface area (Å²) in [5, 5.41) is 9.26. The van der Waals surface area contributed by atoms with Gasteiger partial charge in [0.1, 0.15) is 9.79 Å². The molecule has 16 nitrogen and oxygen atoms in total. The summed E-state index contributed by atoms with van der Waals surface area (Å²) in [7, 11) is -16.0. The SMILES string of the molecule is CNC(=O)c1cc([C+](c2ccc(Nc3c(C)cc(C)c(NS(C)(=O)=O)c3C)c(C)c2)c2ccc(S(=O)(=O)O)cc2S(=O)(=O)O)ccc1Nc1c(C)cc(C)c(NS(C)(=O)=O)c1C. The zero-order valence-electron chi connectivity index (χ0n) is 35.6. The van der Waals surface area contributed by atoms with E-state index in [0.717, 1.165) is 35.8 Å². The largest absolute Gasteiger partial charge is 0.355 e. The number of sulfonamides is 2. The standard InChI is InChI=1S/C42H47N5O11S4/c1-22-19-29(11-15-34(22)44-38-23(2)17-25(4)40(27(38)6)46-59(9,49)50)37(32-14-13-31(61(53,54)55)21-36(32)62(56,57)58)30-12-16-35(33(20-30)42(48)43-8)45-39-24(3)18-26(5)41(28(39)7)47-60(10,51)52/h11-21,44,46-47H,1-10H3,(H3-,43,45,48,53,54,55,56,57,58)/p+1. The lowest BCUT2D eigenvalue weighted by molar-refractivity contribution is 0.0963. The van der Waals surface area contributed by atoms with Gasteiger partial charge in [-0.2, -0.15) is 16.8 Å². The Labute approximate surface area is 363 Å². The molecule has 20 heteroatoms. The molecule has 0 saturated heterocycles. The number of nitrogens with one attached hydrogen (secondary N) is 5. The van der Waals surface area contributed by atoms with Gasteiger partial charge in [-0.3, -0.25) is 23.3 Å². The normalized spacial score (nSPS) is 12.1. The van der Waals surface area contributed by atoms with Crippen LogP contribution in [0.5, 0.6) is 0 Å². The summed E-state index contributed by atoms with van der Waals surface area (Å²) in [5.41, 5.74) is 8.03. The topological polar surface area (TPSA) is 254 Å². The number of hydrogen-bond donors (Lipinski definition) is 7. The summed E-state index contributed by atoms with van der Waals surface area (Å²) in [6.07, 6.45) is 2.09. The third-order valence-corrected chi connectivity index (χ3v) is 13.0. The molecular formula is C42H48N5O11S4+. The fourth-order valence-corrected chi connectivity index (χ4v) is 10.0. The Balaban J connectivity index is 1.74. The molecule has 0 fully saturated rings. The van der Waals surface area contributed by atoms with Gasteiger partial charge >= 0.3 is 10.1 Å². The van der Waals surface area contributed by atoms with Crippen molar-refractivity contribution in [3.8, 4) is 0 Å². The van der Waals surface area contributed by atoms with Crippen LogP contribution in [0.4, 0.5) is 34.1 Å². The second-order valence-corrected chi connectivity index (χ2v) is 21.4. The lowest BCUT2D eigenvalue weighted by Crippen LogP contribution is -2.20. The van der Waals surface area contributed by atoms with Gasteiger partial charge in [-0.1, -0.05) is 12.1 Å². The minimum Gasteiger partial charge on any atom is -0.355 e. The van der Waals surface area contributed by atoms with Gasteiger partial charge in [-0.05, 0) is 130 Å². The Morgan fingerprint density at radius 1 is 0.532 bits per heavy atom. The molecule has 5 aromatic rings. The first-order valence-corrected chi connectivity index (χ1v) is 25.3. The molecule has 0 bridgehead atoms. The molecule has 0 aromatic heterocycles. The Hall–Kier alpha value is -5.64. The number of carbonyl (C=O) groups is 1. The van der Waals surface area contributed by atoms with Crippen LogP contribution in [0.1, 0.15) is 66.0 Å². The highest BCUT2D eigenvalue weighted by Gasteiger charge is 2.34. The van der Waals surface area contributed by atoms with Crippen molar-refractivity contribution < 1.29 is 47.6 Å². The van der Waals surface area contributed by atoms with Crippen LogP contribution in [0.3, 0.4) is 0 Å². The maximum Gasteiger partial charge on any atom is 0.315 e. The predicted molar refractivity (Wildman–Crippen MR) is 242 cm³/mol. The first-order chi connectivity index (χ1) is 28.5. The lowest BCUT2D eigenvalue weighted by Gasteiger charge is -2.22. The van der Waals surface area contributed by atoms with Gasteiger partial charge in [0, 0.05) is 30.6 Å². The molecule has 0 atom stereocenters. The zero-order valence-corrected chi connectivity index (χ0v) is 38.8. The quantitative estimate of drug-likeness (QED) is 0.0339. The molecule has 62 heavy (non-hydrogen) atoms. The number of benzene rings is 5. The molecular weight excluding hydrogens is 879 g/mol. The van der Waals surface area contributed by atoms with E-state index in [1.165, 1.54) is 13.1 Å². The molecule has 5 rings (SSSR count). The van der Waals surface area contributed by atoms with E-state index in [1.54, 1.807) is 71.0 Å². The summed E-state index contributed by atoms with van der Waals surface area (Å²) >= 11 is 0. The second kappa shape index (κ2) is 17.3. The van der Waals surface area contributed by atoms with E-state index in [1.807, 2.05) is 19.9 Å². The summed E-state index contributed by atoms with van der Waals surface area (Å²) < 4.78 is 125. The van der Waals surface area contributed by atoms with Gasteiger partial charge in [-0.15, -0.1) is 0 Å². The van der Waals surface area contributed by atoms with Gasteiger partial charge in [0.25, 0.3) is 16.0 Å². The van der Waals surface area contributed by atoms with Crippen LogP contribution in [0.2, 0.25) is 0 Å². The van der Waals surface area contributed by atoms with E-state index in [2.05, 4.69) is 25.4 Å². The van der Waals surface area contributed by atoms with Crippen molar-refractivity contribution in [2.24, 2.45) is 0 Å². The molecule has 0 aliphatic rings. The maximum atomic E-state index is 13.7. The number of hydrogen-bond acceptors (Lipinski definition) is 11. The van der Waals surface area contributed by atoms with Gasteiger partial charge in [0.05, 0.1) is 63.4 Å². The van der Waals surface area contributed by atoms with Gasteiger partial charge in [0.2, 0.25) is 20.0 Å². The Morgan fingerprint density at radius 2 is 0.984 bits per heavy atom. The summed E-state index contributed by atoms with van der Waals surface area (Å²) in [6, 6.07) is 16.0. The predicted octanol–water partition coefficient (Wildman–Crippen LogP) is 6.95. The van der Waals surface area contributed by atoms with Crippen LogP contribution in [0.15, 0.2) is 76.5 Å². The van der Waals surface area contributed by atoms with Crippen LogP contribution >= 0.6 is 0 Å². The fraction of sp³-hybridized carbons (Fsp3) is 0.238. The number of amides is 1. The van der Waals surface area contributed by atoms with Crippen molar-refractivity contribution in [3.63, 3.8) is 0 Å². The van der Waals surface area contributed by atoms with Crippen molar-refractivity contribution in [3.05, 3.63) is 134 Å². The lowest BCUT2D eigenvalue weighted by atomic mass is 9.83. The van der Waals surface area contributed by atoms with Crippen molar-refractivity contribution in [2.45, 2.75) is 58.3 Å². The molecule has 0 spiro atoms. The van der Waals surface area contributed by atoms with Crippen LogP contribution in [0, 0.1) is 54.4 Å². The minimum absolute atomic E-state index is 0.0706. The van der Waals surface area contributed by atoms with Crippen molar-refractivity contribution in [2.75, 3.05) is 39.6 Å². The molecule has 1 amide bonds. The Bertz CT molecular complexity index is 3120. The average molecular weight is 927 g/mol. The third-order valence-electron chi connectivity index (χ3n) is 10.1. The number of carbonyl (C=O) groups excluding carboxylic acids is 1. The minimum atomic E-state index is -5.17. The van der Waals surface area contributed by atoms with Crippen LogP contribution < -0.4 is 25.4 Å². The molecule has 0 radical (unpaired) electrons. The van der Waals surface area contributed by atoms with Crippen LogP contribution in [-0.2, 0) is 40.3 Å². The number of aryl methyl sites for hydroxylation is 5. The van der Waals surface area contributed by atoms with Crippen molar-refractivity contribution in [1.82, 2.24) is 5.32 Å². The molecule has 330 valence electrons. The highest BCUT2D eigenvalue weighted by atomic mass is 32.2. The monoisotopic (exact) mass is 926 g/mol. The highest BCUT2D eigenvalue weighted by molar-refractivity contribution is 7.92. The van der Waals surface area contributed by atoms with E-state index >= 15 is 0 Å². The van der Waals surface area contributed by atoms with E-state index in [9.17, 15) is 47.6 Å². The van der Waals surface area contributed by atoms with Crippen LogP contribution in [0.25, 0.3) is 0 Å². The Morgan fingerprint density at radius 3 is 1.42 bits per heavy atom. The van der Waals surface area contributed by atoms with Crippen molar-refractivity contribution >= 4 is 80.3 Å². The van der Waals surface area contributed by atoms with Crippen molar-refractivity contribution in [1.29, 1.82) is 0 Å². The van der Waals surface area contributed by atoms with Gasteiger partial charge in [0.15, 0.2) is 0 Å². The summed E-state index contributed by atoms with van der Waals surface area (Å²) in [5.74, 6) is -0.429. The molecule has 0 aliphatic heterocycles. The maximum absolute atomic E-state index is 13.7. The molecule has 0 aliphatic carbocycles. The van der Waals surface area contributed by atoms with E-state index in [4.69, 9.17) is 0 Å². The van der Waals surface area contributed by atoms with E-state index in [0.29, 0.717) is 67.9 Å². The van der Waals surface area contributed by atoms with E-state index in [-0.39, 0.29) is 28.3 Å². The summed E-state index contributed by atoms with van der Waals surface area (Å²) in [6.45, 7) is 12.5. The molecule has 0 heterocycles. The average Bonchev–Trinajstić information content (AvgIpc) is 3.14. The first-order valence-electron chi connectivity index (χ1n) is 18.7. The molecule has 5 aromatic carbocycles. The highest BCUT2D eigenvalue weighted by Crippen LogP contribution is 2.41. The van der Waals surface area contributed by atoms with Gasteiger partial charge in [-0.25, -0.2) is 16.8 Å². The van der Waals surface area contributed by atoms with E-state index < -0.39 is 56.0 Å². The third kappa shape index (κ3) is 10.5. The fourth-order valence-electron chi connectivity index (χ4n) is 7.36. The first kappa shape index (κ1) is 47.4. The molecule has 0 unspecified atom stereocenters.